The Balaban J connectivity index is 0.000000202. The van der Waals surface area contributed by atoms with Crippen LogP contribution in [0, 0.1) is 0 Å². The topological polar surface area (TPSA) is 85.8 Å². The van der Waals surface area contributed by atoms with Crippen LogP contribution in [0.25, 0.3) is 0 Å². The third kappa shape index (κ3) is 3.08. The smallest absolute Gasteiger partial charge is 0.185 e. The fourth-order valence-corrected chi connectivity index (χ4v) is 2.28. The van der Waals surface area contributed by atoms with Crippen molar-refractivity contribution in [3.63, 3.8) is 0 Å². The van der Waals surface area contributed by atoms with Gasteiger partial charge in [0.2, 0.25) is 0 Å². The Hall–Kier alpha value is -2.44. The molecule has 4 rings (SSSR count). The molecule has 0 radical (unpaired) electrons. The molecule has 2 heterocycles. The summed E-state index contributed by atoms with van der Waals surface area (Å²) in [5, 5.41) is 28.5. The predicted octanol–water partition coefficient (Wildman–Crippen LogP) is 2.13. The summed E-state index contributed by atoms with van der Waals surface area (Å²) in [6.45, 7) is 4.56. The molecular formula is C16H19N3O3. The van der Waals surface area contributed by atoms with Gasteiger partial charge in [-0.25, -0.2) is 0 Å². The minimum Gasteiger partial charge on any atom is -0.504 e. The summed E-state index contributed by atoms with van der Waals surface area (Å²) < 4.78 is 5.58. The normalized spacial score (nSPS) is 15.3. The maximum atomic E-state index is 9.68. The van der Waals surface area contributed by atoms with Gasteiger partial charge in [-0.15, -0.1) is 0 Å². The molecule has 0 saturated carbocycles. The summed E-state index contributed by atoms with van der Waals surface area (Å²) in [6.07, 6.45) is 0. The Bertz CT molecular complexity index is 646. The van der Waals surface area contributed by atoms with E-state index < -0.39 is 0 Å². The lowest BCUT2D eigenvalue weighted by atomic mass is 10.2. The molecule has 2 aromatic carbocycles. The summed E-state index contributed by atoms with van der Waals surface area (Å²) in [7, 11) is 0. The quantitative estimate of drug-likeness (QED) is 0.409. The van der Waals surface area contributed by atoms with Gasteiger partial charge in [0.1, 0.15) is 5.69 Å². The van der Waals surface area contributed by atoms with Crippen molar-refractivity contribution in [3.05, 3.63) is 36.4 Å². The third-order valence-electron chi connectivity index (χ3n) is 3.44. The molecule has 1 saturated heterocycles. The number of piperazine rings is 1. The van der Waals surface area contributed by atoms with E-state index in [0.29, 0.717) is 17.2 Å². The maximum absolute atomic E-state index is 9.68. The molecule has 22 heavy (non-hydrogen) atoms. The van der Waals surface area contributed by atoms with Gasteiger partial charge in [0, 0.05) is 26.2 Å². The van der Waals surface area contributed by atoms with Gasteiger partial charge < -0.3 is 30.9 Å². The first-order chi connectivity index (χ1) is 10.8. The van der Waals surface area contributed by atoms with Crippen LogP contribution in [0.4, 0.5) is 11.4 Å². The lowest BCUT2D eigenvalue weighted by molar-refractivity contribution is 0.399. The van der Waals surface area contributed by atoms with Crippen molar-refractivity contribution in [2.45, 2.75) is 0 Å². The van der Waals surface area contributed by atoms with Crippen LogP contribution in [0.1, 0.15) is 0 Å². The molecule has 0 bridgehead atoms. The van der Waals surface area contributed by atoms with Crippen LogP contribution < -0.4 is 20.7 Å². The van der Waals surface area contributed by atoms with Crippen LogP contribution in [0.3, 0.4) is 0 Å². The minimum absolute atomic E-state index is 0.172. The number of nitrogens with one attached hydrogen (secondary N) is 3. The lowest BCUT2D eigenvalue weighted by Gasteiger charge is -2.22. The number of rotatable bonds is 0. The van der Waals surface area contributed by atoms with Crippen LogP contribution in [0.2, 0.25) is 0 Å². The van der Waals surface area contributed by atoms with Gasteiger partial charge in [-0.05, 0) is 24.3 Å². The Morgan fingerprint density at radius 3 is 2.18 bits per heavy atom. The molecular weight excluding hydrogens is 282 g/mol. The zero-order valence-corrected chi connectivity index (χ0v) is 12.1. The number of benzene rings is 2. The van der Waals surface area contributed by atoms with Gasteiger partial charge in [-0.1, -0.05) is 12.1 Å². The minimum atomic E-state index is -0.202. The van der Waals surface area contributed by atoms with Crippen molar-refractivity contribution >= 4 is 11.4 Å². The summed E-state index contributed by atoms with van der Waals surface area (Å²) in [5.74, 6) is 0.815. The van der Waals surface area contributed by atoms with Gasteiger partial charge >= 0.3 is 0 Å². The molecule has 0 unspecified atom stereocenters. The first-order valence-electron chi connectivity index (χ1n) is 7.26. The van der Waals surface area contributed by atoms with E-state index in [0.717, 1.165) is 31.9 Å². The van der Waals surface area contributed by atoms with Crippen LogP contribution in [-0.2, 0) is 0 Å². The van der Waals surface area contributed by atoms with Gasteiger partial charge in [-0.3, -0.25) is 0 Å². The van der Waals surface area contributed by atoms with E-state index in [1.165, 1.54) is 6.07 Å². The second-order valence-corrected chi connectivity index (χ2v) is 5.03. The Morgan fingerprint density at radius 2 is 1.50 bits per heavy atom. The molecule has 2 aromatic rings. The third-order valence-corrected chi connectivity index (χ3v) is 3.44. The first-order valence-corrected chi connectivity index (χ1v) is 7.26. The van der Waals surface area contributed by atoms with Crippen molar-refractivity contribution in [3.8, 4) is 23.0 Å². The SMILES string of the molecule is C1CNCCN1.Oc1ccc2c(c1O)Nc1ccccc1O2. The molecule has 2 aliphatic heterocycles. The average molecular weight is 301 g/mol. The number of hydrogen-bond donors (Lipinski definition) is 5. The highest BCUT2D eigenvalue weighted by Gasteiger charge is 2.20. The van der Waals surface area contributed by atoms with E-state index in [9.17, 15) is 10.2 Å². The van der Waals surface area contributed by atoms with E-state index >= 15 is 0 Å². The lowest BCUT2D eigenvalue weighted by Crippen LogP contribution is -2.39. The van der Waals surface area contributed by atoms with Crippen LogP contribution in [0.15, 0.2) is 36.4 Å². The Labute approximate surface area is 128 Å². The Morgan fingerprint density at radius 1 is 0.818 bits per heavy atom. The summed E-state index contributed by atoms with van der Waals surface area (Å²) >= 11 is 0. The van der Waals surface area contributed by atoms with Crippen molar-refractivity contribution < 1.29 is 14.9 Å². The number of fused-ring (bicyclic) bond motifs is 2. The molecule has 2 aliphatic rings. The van der Waals surface area contributed by atoms with Crippen LogP contribution in [-0.4, -0.2) is 36.4 Å². The van der Waals surface area contributed by atoms with E-state index in [2.05, 4.69) is 16.0 Å². The Kier molecular flexibility index (Phi) is 4.32. The van der Waals surface area contributed by atoms with E-state index in [4.69, 9.17) is 4.74 Å². The molecule has 0 atom stereocenters. The van der Waals surface area contributed by atoms with Crippen molar-refractivity contribution in [2.75, 3.05) is 31.5 Å². The van der Waals surface area contributed by atoms with Crippen molar-refractivity contribution in [2.24, 2.45) is 0 Å². The molecule has 5 N–H and O–H groups in total. The number of hydrogen-bond acceptors (Lipinski definition) is 6. The summed E-state index contributed by atoms with van der Waals surface area (Å²) in [4.78, 5) is 0. The fraction of sp³-hybridized carbons (Fsp3) is 0.250. The highest BCUT2D eigenvalue weighted by molar-refractivity contribution is 5.81. The maximum Gasteiger partial charge on any atom is 0.185 e. The number of phenolic OH excluding ortho intramolecular Hbond substituents is 2. The van der Waals surface area contributed by atoms with Gasteiger partial charge in [0.25, 0.3) is 0 Å². The monoisotopic (exact) mass is 301 g/mol. The van der Waals surface area contributed by atoms with E-state index in [1.54, 1.807) is 6.07 Å². The number of ether oxygens (including phenoxy) is 1. The molecule has 6 nitrogen and oxygen atoms in total. The highest BCUT2D eigenvalue weighted by atomic mass is 16.5. The van der Waals surface area contributed by atoms with Crippen LogP contribution >= 0.6 is 0 Å². The largest absolute Gasteiger partial charge is 0.504 e. The molecule has 0 aromatic heterocycles. The fourth-order valence-electron chi connectivity index (χ4n) is 2.28. The van der Waals surface area contributed by atoms with Gasteiger partial charge in [0.05, 0.1) is 5.69 Å². The second kappa shape index (κ2) is 6.55. The van der Waals surface area contributed by atoms with Gasteiger partial charge in [0.15, 0.2) is 23.0 Å². The predicted molar refractivity (Wildman–Crippen MR) is 85.3 cm³/mol. The van der Waals surface area contributed by atoms with Crippen molar-refractivity contribution in [1.29, 1.82) is 0 Å². The molecule has 0 spiro atoms. The number of phenols is 2. The molecule has 0 amide bonds. The molecule has 116 valence electrons. The molecule has 6 heteroatoms. The number of aromatic hydroxyl groups is 2. The molecule has 1 fully saturated rings. The van der Waals surface area contributed by atoms with Gasteiger partial charge in [-0.2, -0.15) is 0 Å². The average Bonchev–Trinajstić information content (AvgIpc) is 2.59. The molecule has 0 aliphatic carbocycles. The first kappa shape index (κ1) is 14.5. The standard InChI is InChI=1S/C12H9NO3.C4H10N2/c14-8-5-6-10-11(12(8)15)13-7-3-1-2-4-9(7)16-10;1-2-6-4-3-5-1/h1-6,13-15H;5-6H,1-4H2. The van der Waals surface area contributed by atoms with E-state index in [-0.39, 0.29) is 11.5 Å². The number of anilines is 2. The summed E-state index contributed by atoms with van der Waals surface area (Å²) in [5.41, 5.74) is 1.15. The summed E-state index contributed by atoms with van der Waals surface area (Å²) in [6, 6.07) is 10.4. The number of para-hydroxylation sites is 2. The van der Waals surface area contributed by atoms with E-state index in [1.807, 2.05) is 24.3 Å². The van der Waals surface area contributed by atoms with Crippen LogP contribution in [0.5, 0.6) is 23.0 Å². The zero-order chi connectivity index (χ0) is 15.4. The highest BCUT2D eigenvalue weighted by Crippen LogP contribution is 2.48. The second-order valence-electron chi connectivity index (χ2n) is 5.03. The van der Waals surface area contributed by atoms with Crippen molar-refractivity contribution in [1.82, 2.24) is 10.6 Å². The zero-order valence-electron chi connectivity index (χ0n) is 12.1.